The Morgan fingerprint density at radius 2 is 1.57 bits per heavy atom. The highest BCUT2D eigenvalue weighted by Gasteiger charge is 2.41. The quantitative estimate of drug-likeness (QED) is 0.636. The highest BCUT2D eigenvalue weighted by atomic mass is 28.4. The van der Waals surface area contributed by atoms with Crippen molar-refractivity contribution in [1.29, 1.82) is 0 Å². The summed E-state index contributed by atoms with van der Waals surface area (Å²) in [5.41, 5.74) is 6.27. The van der Waals surface area contributed by atoms with E-state index in [9.17, 15) is 0 Å². The number of nitrogens with two attached hydrogens (primary N) is 1. The van der Waals surface area contributed by atoms with E-state index in [-0.39, 0.29) is 5.67 Å². The molecule has 0 aliphatic heterocycles. The van der Waals surface area contributed by atoms with Crippen molar-refractivity contribution in [2.24, 2.45) is 5.73 Å². The predicted molar refractivity (Wildman–Crippen MR) is 62.4 cm³/mol. The van der Waals surface area contributed by atoms with E-state index in [0.29, 0.717) is 13.2 Å². The summed E-state index contributed by atoms with van der Waals surface area (Å²) in [6.45, 7) is 9.69. The third-order valence-electron chi connectivity index (χ3n) is 2.43. The molecule has 86 valence electrons. The van der Waals surface area contributed by atoms with Crippen molar-refractivity contribution in [3.05, 3.63) is 0 Å². The predicted octanol–water partition coefficient (Wildman–Crippen LogP) is 2.19. The first-order valence-corrected chi connectivity index (χ1v) is 7.80. The molecule has 0 saturated carbocycles. The van der Waals surface area contributed by atoms with Gasteiger partial charge >= 0.3 is 8.56 Å². The van der Waals surface area contributed by atoms with Gasteiger partial charge in [-0.15, -0.1) is 0 Å². The lowest BCUT2D eigenvalue weighted by Gasteiger charge is -2.34. The molecule has 0 saturated heterocycles. The highest BCUT2D eigenvalue weighted by molar-refractivity contribution is 6.69. The molecule has 0 rings (SSSR count). The Hall–Kier alpha value is 0.0969. The molecule has 0 heterocycles. The van der Waals surface area contributed by atoms with Crippen molar-refractivity contribution in [3.8, 4) is 0 Å². The molecule has 0 spiro atoms. The van der Waals surface area contributed by atoms with Crippen LogP contribution in [0.3, 0.4) is 0 Å². The molecule has 0 amide bonds. The fourth-order valence-corrected chi connectivity index (χ4v) is 4.89. The van der Waals surface area contributed by atoms with E-state index >= 15 is 0 Å². The SMILES string of the molecule is CCCC(N)[Si](CC)(OCC)OCC. The standard InChI is InChI=1S/C10H25NO2Si/c1-5-9-10(11)14(8-4,12-6-2)13-7-3/h10H,5-9,11H2,1-4H3. The van der Waals surface area contributed by atoms with E-state index in [0.717, 1.165) is 18.9 Å². The van der Waals surface area contributed by atoms with Gasteiger partial charge in [-0.2, -0.15) is 0 Å². The molecule has 4 heteroatoms. The molecular formula is C10H25NO2Si. The van der Waals surface area contributed by atoms with Crippen LogP contribution in [0, 0.1) is 0 Å². The van der Waals surface area contributed by atoms with Gasteiger partial charge in [0.05, 0.1) is 0 Å². The van der Waals surface area contributed by atoms with Crippen LogP contribution in [-0.2, 0) is 8.85 Å². The topological polar surface area (TPSA) is 44.5 Å². The fraction of sp³-hybridized carbons (Fsp3) is 1.00. The molecule has 0 radical (unpaired) electrons. The fourth-order valence-electron chi connectivity index (χ4n) is 1.74. The minimum absolute atomic E-state index is 0.109. The van der Waals surface area contributed by atoms with Crippen LogP contribution in [0.2, 0.25) is 6.04 Å². The van der Waals surface area contributed by atoms with Gasteiger partial charge in [0.15, 0.2) is 0 Å². The van der Waals surface area contributed by atoms with Gasteiger partial charge in [-0.25, -0.2) is 0 Å². The van der Waals surface area contributed by atoms with Gasteiger partial charge < -0.3 is 14.6 Å². The highest BCUT2D eigenvalue weighted by Crippen LogP contribution is 2.19. The monoisotopic (exact) mass is 219 g/mol. The molecule has 3 nitrogen and oxygen atoms in total. The summed E-state index contributed by atoms with van der Waals surface area (Å²) in [5, 5.41) is 0. The number of rotatable bonds is 8. The summed E-state index contributed by atoms with van der Waals surface area (Å²) in [6.07, 6.45) is 2.09. The molecule has 2 N–H and O–H groups in total. The van der Waals surface area contributed by atoms with Gasteiger partial charge in [0, 0.05) is 18.9 Å². The summed E-state index contributed by atoms with van der Waals surface area (Å²) < 4.78 is 11.7. The van der Waals surface area contributed by atoms with Crippen LogP contribution in [0.25, 0.3) is 0 Å². The number of hydrogen-bond acceptors (Lipinski definition) is 3. The molecule has 14 heavy (non-hydrogen) atoms. The molecule has 0 aliphatic rings. The van der Waals surface area contributed by atoms with Gasteiger partial charge in [0.2, 0.25) is 0 Å². The zero-order valence-electron chi connectivity index (χ0n) is 10.0. The van der Waals surface area contributed by atoms with Crippen LogP contribution < -0.4 is 5.73 Å². The van der Waals surface area contributed by atoms with Crippen molar-refractivity contribution in [2.75, 3.05) is 13.2 Å². The van der Waals surface area contributed by atoms with Crippen LogP contribution >= 0.6 is 0 Å². The van der Waals surface area contributed by atoms with Crippen molar-refractivity contribution < 1.29 is 8.85 Å². The van der Waals surface area contributed by atoms with E-state index < -0.39 is 8.56 Å². The smallest absolute Gasteiger partial charge is 0.355 e. The largest absolute Gasteiger partial charge is 0.394 e. The minimum Gasteiger partial charge on any atom is -0.394 e. The van der Waals surface area contributed by atoms with Crippen molar-refractivity contribution in [2.45, 2.75) is 52.2 Å². The molecule has 0 aliphatic carbocycles. The van der Waals surface area contributed by atoms with Crippen LogP contribution in [0.15, 0.2) is 0 Å². The number of hydrogen-bond donors (Lipinski definition) is 1. The maximum atomic E-state index is 6.16. The lowest BCUT2D eigenvalue weighted by atomic mass is 10.3. The Labute approximate surface area is 89.2 Å². The average Bonchev–Trinajstić information content (AvgIpc) is 2.17. The van der Waals surface area contributed by atoms with Crippen LogP contribution in [0.5, 0.6) is 0 Å². The molecular weight excluding hydrogens is 194 g/mol. The second-order valence-corrected chi connectivity index (χ2v) is 7.08. The Bertz CT molecular complexity index is 138. The van der Waals surface area contributed by atoms with Gasteiger partial charge in [0.1, 0.15) is 0 Å². The van der Waals surface area contributed by atoms with Crippen LogP contribution in [0.4, 0.5) is 0 Å². The first-order chi connectivity index (χ1) is 6.66. The minimum atomic E-state index is -2.12. The van der Waals surface area contributed by atoms with E-state index in [1.54, 1.807) is 0 Å². The Morgan fingerprint density at radius 1 is 1.07 bits per heavy atom. The zero-order valence-corrected chi connectivity index (χ0v) is 11.0. The molecule has 0 fully saturated rings. The maximum absolute atomic E-state index is 6.16. The van der Waals surface area contributed by atoms with E-state index in [4.69, 9.17) is 14.6 Å². The molecule has 0 aromatic carbocycles. The second kappa shape index (κ2) is 7.40. The second-order valence-electron chi connectivity index (χ2n) is 3.43. The van der Waals surface area contributed by atoms with E-state index in [2.05, 4.69) is 13.8 Å². The summed E-state index contributed by atoms with van der Waals surface area (Å²) in [7, 11) is -2.12. The third-order valence-corrected chi connectivity index (χ3v) is 6.39. The lowest BCUT2D eigenvalue weighted by molar-refractivity contribution is 0.172. The Balaban J connectivity index is 4.45. The van der Waals surface area contributed by atoms with Gasteiger partial charge in [-0.3, -0.25) is 0 Å². The van der Waals surface area contributed by atoms with Gasteiger partial charge in [0.25, 0.3) is 0 Å². The Morgan fingerprint density at radius 3 is 1.86 bits per heavy atom. The van der Waals surface area contributed by atoms with Crippen molar-refractivity contribution in [1.82, 2.24) is 0 Å². The molecule has 0 aromatic rings. The normalized spacial score (nSPS) is 14.4. The summed E-state index contributed by atoms with van der Waals surface area (Å²) >= 11 is 0. The molecule has 0 bridgehead atoms. The van der Waals surface area contributed by atoms with E-state index in [1.807, 2.05) is 13.8 Å². The Kier molecular flexibility index (Phi) is 7.45. The first-order valence-electron chi connectivity index (χ1n) is 5.70. The van der Waals surface area contributed by atoms with Crippen molar-refractivity contribution >= 4 is 8.56 Å². The maximum Gasteiger partial charge on any atom is 0.355 e. The van der Waals surface area contributed by atoms with Crippen LogP contribution in [-0.4, -0.2) is 27.4 Å². The lowest BCUT2D eigenvalue weighted by Crippen LogP contribution is -2.57. The zero-order chi connectivity index (χ0) is 11.0. The molecule has 0 aromatic heterocycles. The van der Waals surface area contributed by atoms with Gasteiger partial charge in [-0.1, -0.05) is 20.3 Å². The van der Waals surface area contributed by atoms with Crippen LogP contribution in [0.1, 0.15) is 40.5 Å². The summed E-state index contributed by atoms with van der Waals surface area (Å²) in [6, 6.07) is 0.940. The van der Waals surface area contributed by atoms with E-state index in [1.165, 1.54) is 0 Å². The third kappa shape index (κ3) is 3.69. The van der Waals surface area contributed by atoms with Gasteiger partial charge in [-0.05, 0) is 26.3 Å². The molecule has 1 atom stereocenters. The average molecular weight is 219 g/mol. The first kappa shape index (κ1) is 14.1. The summed E-state index contributed by atoms with van der Waals surface area (Å²) in [4.78, 5) is 0. The summed E-state index contributed by atoms with van der Waals surface area (Å²) in [5.74, 6) is 0. The molecule has 1 unspecified atom stereocenters. The van der Waals surface area contributed by atoms with Crippen molar-refractivity contribution in [3.63, 3.8) is 0 Å².